The monoisotopic (exact) mass is 264 g/mol. The van der Waals surface area contributed by atoms with Gasteiger partial charge in [0.2, 0.25) is 0 Å². The van der Waals surface area contributed by atoms with Crippen LogP contribution >= 0.6 is 0 Å². The maximum atomic E-state index is 3.72. The second kappa shape index (κ2) is 6.58. The van der Waals surface area contributed by atoms with Crippen LogP contribution in [-0.2, 0) is 0 Å². The molecule has 110 valence electrons. The van der Waals surface area contributed by atoms with Crippen LogP contribution in [0.2, 0.25) is 0 Å². The quantitative estimate of drug-likeness (QED) is 0.840. The van der Waals surface area contributed by atoms with Crippen molar-refractivity contribution in [3.8, 4) is 0 Å². The summed E-state index contributed by atoms with van der Waals surface area (Å²) in [5.74, 6) is 2.02. The Morgan fingerprint density at radius 2 is 1.68 bits per heavy atom. The molecule has 2 saturated heterocycles. The number of likely N-dealkylation sites (tertiary alicyclic amines) is 1. The molecule has 2 aliphatic heterocycles. The van der Waals surface area contributed by atoms with Gasteiger partial charge in [-0.1, -0.05) is 13.3 Å². The summed E-state index contributed by atoms with van der Waals surface area (Å²) >= 11 is 0. The molecule has 3 fully saturated rings. The van der Waals surface area contributed by atoms with Crippen molar-refractivity contribution in [1.82, 2.24) is 10.2 Å². The molecule has 1 unspecified atom stereocenters. The van der Waals surface area contributed by atoms with Crippen LogP contribution < -0.4 is 5.32 Å². The number of nitrogens with zero attached hydrogens (tertiary/aromatic N) is 1. The highest BCUT2D eigenvalue weighted by Gasteiger charge is 2.32. The van der Waals surface area contributed by atoms with Crippen molar-refractivity contribution in [1.29, 1.82) is 0 Å². The van der Waals surface area contributed by atoms with E-state index >= 15 is 0 Å². The van der Waals surface area contributed by atoms with E-state index in [9.17, 15) is 0 Å². The van der Waals surface area contributed by atoms with E-state index in [1.54, 1.807) is 0 Å². The van der Waals surface area contributed by atoms with Crippen molar-refractivity contribution in [2.75, 3.05) is 19.6 Å². The van der Waals surface area contributed by atoms with E-state index < -0.39 is 0 Å². The van der Waals surface area contributed by atoms with Crippen LogP contribution in [0.25, 0.3) is 0 Å². The fourth-order valence-electron chi connectivity index (χ4n) is 4.72. The van der Waals surface area contributed by atoms with Crippen LogP contribution in [0.4, 0.5) is 0 Å². The molecule has 2 heterocycles. The van der Waals surface area contributed by atoms with Crippen LogP contribution in [0, 0.1) is 11.8 Å². The van der Waals surface area contributed by atoms with Gasteiger partial charge < -0.3 is 10.2 Å². The Bertz CT molecular complexity index is 256. The van der Waals surface area contributed by atoms with Crippen molar-refractivity contribution < 1.29 is 0 Å². The summed E-state index contributed by atoms with van der Waals surface area (Å²) in [4.78, 5) is 2.83. The first-order valence-electron chi connectivity index (χ1n) is 8.84. The summed E-state index contributed by atoms with van der Waals surface area (Å²) < 4.78 is 0. The molecule has 0 spiro atoms. The van der Waals surface area contributed by atoms with Crippen molar-refractivity contribution in [2.45, 2.75) is 76.8 Å². The zero-order valence-corrected chi connectivity index (χ0v) is 12.7. The highest BCUT2D eigenvalue weighted by Crippen LogP contribution is 2.33. The topological polar surface area (TPSA) is 15.3 Å². The van der Waals surface area contributed by atoms with E-state index in [1.165, 1.54) is 77.4 Å². The predicted molar refractivity (Wildman–Crippen MR) is 81.4 cm³/mol. The van der Waals surface area contributed by atoms with Gasteiger partial charge in [0.05, 0.1) is 0 Å². The Morgan fingerprint density at radius 3 is 2.26 bits per heavy atom. The third kappa shape index (κ3) is 3.33. The van der Waals surface area contributed by atoms with Crippen LogP contribution in [-0.4, -0.2) is 36.6 Å². The minimum absolute atomic E-state index is 0.859. The second-order valence-corrected chi connectivity index (χ2v) is 7.16. The van der Waals surface area contributed by atoms with Crippen molar-refractivity contribution in [3.63, 3.8) is 0 Å². The molecule has 0 bridgehead atoms. The number of hydrogen-bond acceptors (Lipinski definition) is 2. The lowest BCUT2D eigenvalue weighted by atomic mass is 9.82. The maximum Gasteiger partial charge on any atom is 0.00967 e. The number of hydrogen-bond donors (Lipinski definition) is 1. The normalized spacial score (nSPS) is 38.7. The van der Waals surface area contributed by atoms with Gasteiger partial charge in [-0.25, -0.2) is 0 Å². The van der Waals surface area contributed by atoms with Gasteiger partial charge in [-0.05, 0) is 82.8 Å². The SMILES string of the molecule is CCC1CCC(N2CCC(C3CCCN3)CC2)CC1. The van der Waals surface area contributed by atoms with E-state index in [1.807, 2.05) is 0 Å². The standard InChI is InChI=1S/C17H32N2/c1-2-14-5-7-16(8-6-14)19-12-9-15(10-13-19)17-4-3-11-18-17/h14-18H,2-13H2,1H3. The second-order valence-electron chi connectivity index (χ2n) is 7.16. The molecule has 0 amide bonds. The zero-order chi connectivity index (χ0) is 13.1. The Balaban J connectivity index is 1.42. The number of piperidine rings is 1. The van der Waals surface area contributed by atoms with Gasteiger partial charge in [-0.2, -0.15) is 0 Å². The smallest absolute Gasteiger partial charge is 0.00967 e. The molecular weight excluding hydrogens is 232 g/mol. The van der Waals surface area contributed by atoms with Gasteiger partial charge >= 0.3 is 0 Å². The first-order chi connectivity index (χ1) is 9.36. The van der Waals surface area contributed by atoms with Crippen molar-refractivity contribution in [2.24, 2.45) is 11.8 Å². The zero-order valence-electron chi connectivity index (χ0n) is 12.7. The molecule has 1 saturated carbocycles. The molecule has 19 heavy (non-hydrogen) atoms. The van der Waals surface area contributed by atoms with Crippen molar-refractivity contribution >= 4 is 0 Å². The van der Waals surface area contributed by atoms with Gasteiger partial charge in [-0.3, -0.25) is 0 Å². The number of nitrogens with one attached hydrogen (secondary N) is 1. The number of rotatable bonds is 3. The molecule has 1 atom stereocenters. The molecule has 3 aliphatic rings. The first-order valence-corrected chi connectivity index (χ1v) is 8.84. The van der Waals surface area contributed by atoms with Crippen molar-refractivity contribution in [3.05, 3.63) is 0 Å². The lowest BCUT2D eigenvalue weighted by molar-refractivity contribution is 0.0856. The Kier molecular flexibility index (Phi) is 4.81. The molecule has 1 N–H and O–H groups in total. The van der Waals surface area contributed by atoms with Gasteiger partial charge in [0, 0.05) is 12.1 Å². The van der Waals surface area contributed by atoms with Gasteiger partial charge in [0.1, 0.15) is 0 Å². The summed E-state index contributed by atoms with van der Waals surface area (Å²) in [6.07, 6.45) is 13.1. The van der Waals surface area contributed by atoms with E-state index in [0.29, 0.717) is 0 Å². The fourth-order valence-corrected chi connectivity index (χ4v) is 4.72. The third-order valence-corrected chi connectivity index (χ3v) is 6.15. The minimum Gasteiger partial charge on any atom is -0.314 e. The molecule has 2 heteroatoms. The predicted octanol–water partition coefficient (Wildman–Crippen LogP) is 3.42. The highest BCUT2D eigenvalue weighted by atomic mass is 15.2. The van der Waals surface area contributed by atoms with E-state index in [0.717, 1.165) is 23.9 Å². The Hall–Kier alpha value is -0.0800. The van der Waals surface area contributed by atoms with Crippen LogP contribution in [0.15, 0.2) is 0 Å². The summed E-state index contributed by atoms with van der Waals surface area (Å²) in [7, 11) is 0. The summed E-state index contributed by atoms with van der Waals surface area (Å²) in [6, 6.07) is 1.79. The Labute approximate surface area is 119 Å². The summed E-state index contributed by atoms with van der Waals surface area (Å²) in [5, 5.41) is 3.72. The minimum atomic E-state index is 0.859. The average molecular weight is 264 g/mol. The van der Waals surface area contributed by atoms with Crippen LogP contribution in [0.1, 0.15) is 64.7 Å². The molecule has 0 aromatic heterocycles. The van der Waals surface area contributed by atoms with Gasteiger partial charge in [0.15, 0.2) is 0 Å². The highest BCUT2D eigenvalue weighted by molar-refractivity contribution is 4.88. The molecule has 1 aliphatic carbocycles. The third-order valence-electron chi connectivity index (χ3n) is 6.15. The summed E-state index contributed by atoms with van der Waals surface area (Å²) in [6.45, 7) is 6.39. The molecule has 0 aromatic carbocycles. The Morgan fingerprint density at radius 1 is 0.947 bits per heavy atom. The molecule has 0 radical (unpaired) electrons. The maximum absolute atomic E-state index is 3.72. The lowest BCUT2D eigenvalue weighted by Gasteiger charge is -2.42. The van der Waals surface area contributed by atoms with E-state index in [2.05, 4.69) is 17.1 Å². The van der Waals surface area contributed by atoms with Gasteiger partial charge in [-0.15, -0.1) is 0 Å². The van der Waals surface area contributed by atoms with Gasteiger partial charge in [0.25, 0.3) is 0 Å². The molecule has 3 rings (SSSR count). The first kappa shape index (κ1) is 13.9. The van der Waals surface area contributed by atoms with E-state index in [4.69, 9.17) is 0 Å². The molecule has 2 nitrogen and oxygen atoms in total. The summed E-state index contributed by atoms with van der Waals surface area (Å²) in [5.41, 5.74) is 0. The van der Waals surface area contributed by atoms with Crippen LogP contribution in [0.5, 0.6) is 0 Å². The van der Waals surface area contributed by atoms with Crippen LogP contribution in [0.3, 0.4) is 0 Å². The fraction of sp³-hybridized carbons (Fsp3) is 1.00. The average Bonchev–Trinajstić information content (AvgIpc) is 3.02. The lowest BCUT2D eigenvalue weighted by Crippen LogP contribution is -2.46. The largest absolute Gasteiger partial charge is 0.314 e. The molecule has 0 aromatic rings. The van der Waals surface area contributed by atoms with E-state index in [-0.39, 0.29) is 0 Å². The molecular formula is C17H32N2.